The maximum Gasteiger partial charge on any atom is 0.416 e. The molecular weight excluding hydrogens is 331 g/mol. The average Bonchev–Trinajstić information content (AvgIpc) is 2.55. The van der Waals surface area contributed by atoms with E-state index in [1.807, 2.05) is 32.0 Å². The van der Waals surface area contributed by atoms with E-state index in [1.54, 1.807) is 13.2 Å². The smallest absolute Gasteiger partial charge is 0.416 e. The number of rotatable bonds is 7. The first-order chi connectivity index (χ1) is 11.8. The minimum absolute atomic E-state index is 0.0405. The third kappa shape index (κ3) is 5.67. The van der Waals surface area contributed by atoms with E-state index < -0.39 is 11.7 Å². The summed E-state index contributed by atoms with van der Waals surface area (Å²) >= 11 is 0. The monoisotopic (exact) mass is 353 g/mol. The number of nitrogens with one attached hydrogen (secondary N) is 1. The number of benzene rings is 2. The Morgan fingerprint density at radius 1 is 0.960 bits per heavy atom. The lowest BCUT2D eigenvalue weighted by Gasteiger charge is -2.15. The minimum atomic E-state index is -4.32. The second-order valence-electron chi connectivity index (χ2n) is 5.95. The summed E-state index contributed by atoms with van der Waals surface area (Å²) in [7, 11) is 1.57. The molecule has 0 aliphatic heterocycles. The maximum absolute atomic E-state index is 12.7. The van der Waals surface area contributed by atoms with Crippen LogP contribution in [0.2, 0.25) is 0 Å². The van der Waals surface area contributed by atoms with Gasteiger partial charge in [0.2, 0.25) is 0 Å². The van der Waals surface area contributed by atoms with Crippen LogP contribution in [0.3, 0.4) is 0 Å². The Balaban J connectivity index is 1.98. The first kappa shape index (κ1) is 19.1. The van der Waals surface area contributed by atoms with E-state index in [9.17, 15) is 13.2 Å². The summed E-state index contributed by atoms with van der Waals surface area (Å²) in [4.78, 5) is 0. The number of hydrogen-bond donors (Lipinski definition) is 1. The van der Waals surface area contributed by atoms with Crippen molar-refractivity contribution in [1.82, 2.24) is 5.32 Å². The fourth-order valence-electron chi connectivity index (χ4n) is 2.38. The highest BCUT2D eigenvalue weighted by Gasteiger charge is 2.30. The van der Waals surface area contributed by atoms with Gasteiger partial charge in [0.05, 0.1) is 18.8 Å². The summed E-state index contributed by atoms with van der Waals surface area (Å²) in [6.07, 6.45) is -4.28. The normalized spacial score (nSPS) is 11.6. The lowest BCUT2D eigenvalue weighted by molar-refractivity contribution is -0.137. The molecule has 0 aliphatic carbocycles. The molecule has 2 aromatic rings. The quantitative estimate of drug-likeness (QED) is 0.776. The zero-order valence-corrected chi connectivity index (χ0v) is 14.5. The van der Waals surface area contributed by atoms with Gasteiger partial charge in [0, 0.05) is 13.1 Å². The zero-order valence-electron chi connectivity index (χ0n) is 14.5. The van der Waals surface area contributed by atoms with Crippen LogP contribution in [0.5, 0.6) is 11.5 Å². The van der Waals surface area contributed by atoms with Crippen LogP contribution in [-0.4, -0.2) is 13.2 Å². The molecule has 136 valence electrons. The lowest BCUT2D eigenvalue weighted by Crippen LogP contribution is -2.14. The van der Waals surface area contributed by atoms with Crippen LogP contribution in [0, 0.1) is 0 Å². The Kier molecular flexibility index (Phi) is 6.31. The predicted molar refractivity (Wildman–Crippen MR) is 90.7 cm³/mol. The van der Waals surface area contributed by atoms with Crippen LogP contribution < -0.4 is 14.8 Å². The highest BCUT2D eigenvalue weighted by molar-refractivity contribution is 5.43. The first-order valence-electron chi connectivity index (χ1n) is 8.00. The molecule has 0 aliphatic rings. The zero-order chi connectivity index (χ0) is 18.4. The van der Waals surface area contributed by atoms with E-state index in [0.717, 1.165) is 17.7 Å². The summed E-state index contributed by atoms with van der Waals surface area (Å²) < 4.78 is 49.1. The van der Waals surface area contributed by atoms with E-state index in [4.69, 9.17) is 9.47 Å². The Labute approximate surface area is 145 Å². The predicted octanol–water partition coefficient (Wildman–Crippen LogP) is 4.79. The van der Waals surface area contributed by atoms with Crippen molar-refractivity contribution >= 4 is 0 Å². The van der Waals surface area contributed by atoms with Crippen LogP contribution in [0.1, 0.15) is 30.5 Å². The van der Waals surface area contributed by atoms with Crippen molar-refractivity contribution in [2.45, 2.75) is 39.2 Å². The van der Waals surface area contributed by atoms with E-state index in [0.29, 0.717) is 30.2 Å². The van der Waals surface area contributed by atoms with Gasteiger partial charge in [0.15, 0.2) is 11.5 Å². The molecule has 0 aromatic heterocycles. The topological polar surface area (TPSA) is 30.5 Å². The number of halogens is 3. The van der Waals surface area contributed by atoms with Gasteiger partial charge in [-0.1, -0.05) is 24.3 Å². The summed E-state index contributed by atoms with van der Waals surface area (Å²) in [5.41, 5.74) is 0.908. The standard InChI is InChI=1S/C19H22F3NO2/c1-13(2)25-17-8-7-15(10-18(17)24-3)12-23-11-14-5-4-6-16(9-14)19(20,21)22/h4-10,13,23H,11-12H2,1-3H3. The van der Waals surface area contributed by atoms with Crippen molar-refractivity contribution in [2.24, 2.45) is 0 Å². The second-order valence-corrected chi connectivity index (χ2v) is 5.95. The van der Waals surface area contributed by atoms with Gasteiger partial charge >= 0.3 is 6.18 Å². The highest BCUT2D eigenvalue weighted by atomic mass is 19.4. The molecule has 6 heteroatoms. The fourth-order valence-corrected chi connectivity index (χ4v) is 2.38. The Hall–Kier alpha value is -2.21. The van der Waals surface area contributed by atoms with E-state index in [2.05, 4.69) is 5.32 Å². The molecule has 0 radical (unpaired) electrons. The van der Waals surface area contributed by atoms with E-state index >= 15 is 0 Å². The van der Waals surface area contributed by atoms with Crippen LogP contribution >= 0.6 is 0 Å². The molecule has 0 fully saturated rings. The van der Waals surface area contributed by atoms with Crippen LogP contribution in [-0.2, 0) is 19.3 Å². The van der Waals surface area contributed by atoms with E-state index in [1.165, 1.54) is 6.07 Å². The molecule has 0 bridgehead atoms. The number of hydrogen-bond acceptors (Lipinski definition) is 3. The van der Waals surface area contributed by atoms with Crippen molar-refractivity contribution in [2.75, 3.05) is 7.11 Å². The van der Waals surface area contributed by atoms with Gasteiger partial charge in [0.25, 0.3) is 0 Å². The summed E-state index contributed by atoms with van der Waals surface area (Å²) in [5, 5.41) is 3.14. The van der Waals surface area contributed by atoms with Crippen molar-refractivity contribution < 1.29 is 22.6 Å². The number of alkyl halides is 3. The third-order valence-corrected chi connectivity index (χ3v) is 3.50. The van der Waals surface area contributed by atoms with Gasteiger partial charge in [0.1, 0.15) is 0 Å². The molecule has 3 nitrogen and oxygen atoms in total. The first-order valence-corrected chi connectivity index (χ1v) is 8.00. The van der Waals surface area contributed by atoms with Crippen LogP contribution in [0.25, 0.3) is 0 Å². The Morgan fingerprint density at radius 2 is 1.64 bits per heavy atom. The van der Waals surface area contributed by atoms with Crippen LogP contribution in [0.4, 0.5) is 13.2 Å². The van der Waals surface area contributed by atoms with Crippen molar-refractivity contribution in [1.29, 1.82) is 0 Å². The molecule has 2 rings (SSSR count). The van der Waals surface area contributed by atoms with Crippen molar-refractivity contribution in [3.05, 3.63) is 59.2 Å². The lowest BCUT2D eigenvalue weighted by atomic mass is 10.1. The molecule has 0 saturated carbocycles. The number of methoxy groups -OCH3 is 1. The van der Waals surface area contributed by atoms with Gasteiger partial charge in [-0.2, -0.15) is 13.2 Å². The summed E-state index contributed by atoms with van der Waals surface area (Å²) in [5.74, 6) is 1.30. The molecule has 1 N–H and O–H groups in total. The molecule has 0 amide bonds. The van der Waals surface area contributed by atoms with Crippen molar-refractivity contribution in [3.8, 4) is 11.5 Å². The van der Waals surface area contributed by atoms with Gasteiger partial charge in [-0.15, -0.1) is 0 Å². The molecule has 25 heavy (non-hydrogen) atoms. The van der Waals surface area contributed by atoms with E-state index in [-0.39, 0.29) is 6.10 Å². The molecular formula is C19H22F3NO2. The molecule has 2 aromatic carbocycles. The SMILES string of the molecule is COc1cc(CNCc2cccc(C(F)(F)F)c2)ccc1OC(C)C. The Morgan fingerprint density at radius 3 is 2.24 bits per heavy atom. The van der Waals surface area contributed by atoms with Crippen molar-refractivity contribution in [3.63, 3.8) is 0 Å². The maximum atomic E-state index is 12.7. The highest BCUT2D eigenvalue weighted by Crippen LogP contribution is 2.30. The summed E-state index contributed by atoms with van der Waals surface area (Å²) in [6, 6.07) is 10.9. The minimum Gasteiger partial charge on any atom is -0.493 e. The average molecular weight is 353 g/mol. The molecule has 0 heterocycles. The summed E-state index contributed by atoms with van der Waals surface area (Å²) in [6.45, 7) is 4.72. The van der Waals surface area contributed by atoms with Gasteiger partial charge in [-0.05, 0) is 43.2 Å². The largest absolute Gasteiger partial charge is 0.493 e. The molecule has 0 spiro atoms. The van der Waals surface area contributed by atoms with Gasteiger partial charge in [-0.3, -0.25) is 0 Å². The van der Waals surface area contributed by atoms with Crippen LogP contribution in [0.15, 0.2) is 42.5 Å². The second kappa shape index (κ2) is 8.25. The van der Waals surface area contributed by atoms with Gasteiger partial charge in [-0.25, -0.2) is 0 Å². The molecule has 0 unspecified atom stereocenters. The van der Waals surface area contributed by atoms with Gasteiger partial charge < -0.3 is 14.8 Å². The third-order valence-electron chi connectivity index (χ3n) is 3.50. The fraction of sp³-hybridized carbons (Fsp3) is 0.368. The number of ether oxygens (including phenoxy) is 2. The molecule has 0 saturated heterocycles. The Bertz CT molecular complexity index is 699. The molecule has 0 atom stereocenters.